The molecule has 0 saturated carbocycles. The summed E-state index contributed by atoms with van der Waals surface area (Å²) in [6.07, 6.45) is -9.07. The minimum Gasteiger partial charge on any atom is -0.478 e. The predicted molar refractivity (Wildman–Crippen MR) is 66.6 cm³/mol. The summed E-state index contributed by atoms with van der Waals surface area (Å²) < 4.78 is 76.5. The molecule has 0 atom stereocenters. The van der Waals surface area contributed by atoms with Crippen molar-refractivity contribution in [2.75, 3.05) is 0 Å². The standard InChI is InChI=1S/C14H7F6NO2/c15-13(16,17)9-3-8(4-10(5-9)14(18,19)20)11-2-1-7(6-21-11)12(22)23/h1-6H,(H,22,23). The van der Waals surface area contributed by atoms with Gasteiger partial charge in [-0.3, -0.25) is 4.98 Å². The molecular weight excluding hydrogens is 328 g/mol. The van der Waals surface area contributed by atoms with Crippen LogP contribution in [0.3, 0.4) is 0 Å². The van der Waals surface area contributed by atoms with Crippen LogP contribution in [0, 0.1) is 0 Å². The Kier molecular flexibility index (Phi) is 4.06. The molecule has 0 bridgehead atoms. The summed E-state index contributed by atoms with van der Waals surface area (Å²) in [5, 5.41) is 8.71. The van der Waals surface area contributed by atoms with Gasteiger partial charge in [-0.25, -0.2) is 4.79 Å². The van der Waals surface area contributed by atoms with E-state index in [0.29, 0.717) is 12.1 Å². The summed E-state index contributed by atoms with van der Waals surface area (Å²) in [4.78, 5) is 14.3. The number of carboxylic acids is 1. The van der Waals surface area contributed by atoms with Gasteiger partial charge < -0.3 is 5.11 Å². The molecule has 3 nitrogen and oxygen atoms in total. The van der Waals surface area contributed by atoms with E-state index in [9.17, 15) is 31.1 Å². The van der Waals surface area contributed by atoms with E-state index in [4.69, 9.17) is 5.11 Å². The van der Waals surface area contributed by atoms with Crippen LogP contribution in [0.25, 0.3) is 11.3 Å². The summed E-state index contributed by atoms with van der Waals surface area (Å²) >= 11 is 0. The van der Waals surface area contributed by atoms with E-state index in [1.807, 2.05) is 0 Å². The Hall–Kier alpha value is -2.58. The molecule has 1 aromatic heterocycles. The number of alkyl halides is 6. The number of hydrogen-bond donors (Lipinski definition) is 1. The first-order chi connectivity index (χ1) is 10.5. The van der Waals surface area contributed by atoms with Crippen molar-refractivity contribution in [2.45, 2.75) is 12.4 Å². The first-order valence-corrected chi connectivity index (χ1v) is 5.97. The zero-order valence-corrected chi connectivity index (χ0v) is 11.0. The maximum absolute atomic E-state index is 12.8. The minimum absolute atomic E-state index is 0.00905. The minimum atomic E-state index is -4.96. The lowest BCUT2D eigenvalue weighted by molar-refractivity contribution is -0.143. The van der Waals surface area contributed by atoms with Crippen molar-refractivity contribution < 1.29 is 36.2 Å². The fourth-order valence-corrected chi connectivity index (χ4v) is 1.79. The number of nitrogens with zero attached hydrogens (tertiary/aromatic N) is 1. The molecule has 0 aliphatic rings. The van der Waals surface area contributed by atoms with Gasteiger partial charge in [0.1, 0.15) is 0 Å². The largest absolute Gasteiger partial charge is 0.478 e. The van der Waals surface area contributed by atoms with E-state index >= 15 is 0 Å². The predicted octanol–water partition coefficient (Wildman–Crippen LogP) is 4.48. The Bertz CT molecular complexity index is 702. The second kappa shape index (κ2) is 5.56. The van der Waals surface area contributed by atoms with Gasteiger partial charge in [0.2, 0.25) is 0 Å². The number of carboxylic acid groups (broad SMARTS) is 1. The van der Waals surface area contributed by atoms with E-state index in [2.05, 4.69) is 4.98 Å². The Balaban J connectivity index is 2.59. The van der Waals surface area contributed by atoms with E-state index in [0.717, 1.165) is 18.3 Å². The van der Waals surface area contributed by atoms with Gasteiger partial charge in [0.25, 0.3) is 0 Å². The molecule has 9 heteroatoms. The van der Waals surface area contributed by atoms with E-state index in [-0.39, 0.29) is 17.3 Å². The molecule has 0 unspecified atom stereocenters. The molecule has 1 heterocycles. The molecule has 2 aromatic rings. The molecule has 0 amide bonds. The highest BCUT2D eigenvalue weighted by Gasteiger charge is 2.37. The van der Waals surface area contributed by atoms with Crippen LogP contribution >= 0.6 is 0 Å². The van der Waals surface area contributed by atoms with Crippen LogP contribution in [0.2, 0.25) is 0 Å². The Labute approximate surface area is 125 Å². The molecule has 0 aliphatic heterocycles. The molecule has 0 aliphatic carbocycles. The normalized spacial score (nSPS) is 12.3. The smallest absolute Gasteiger partial charge is 0.416 e. The molecule has 2 rings (SSSR count). The summed E-state index contributed by atoms with van der Waals surface area (Å²) in [6, 6.07) is 3.14. The lowest BCUT2D eigenvalue weighted by atomic mass is 10.0. The van der Waals surface area contributed by atoms with Crippen molar-refractivity contribution in [1.29, 1.82) is 0 Å². The van der Waals surface area contributed by atoms with E-state index < -0.39 is 35.0 Å². The zero-order chi connectivity index (χ0) is 17.4. The molecule has 1 aromatic carbocycles. The Morgan fingerprint density at radius 2 is 1.43 bits per heavy atom. The molecule has 1 N–H and O–H groups in total. The second-order valence-electron chi connectivity index (χ2n) is 4.53. The average Bonchev–Trinajstić information content (AvgIpc) is 2.45. The monoisotopic (exact) mass is 335 g/mol. The van der Waals surface area contributed by atoms with Gasteiger partial charge in [0.05, 0.1) is 22.4 Å². The third-order valence-corrected chi connectivity index (χ3v) is 2.89. The quantitative estimate of drug-likeness (QED) is 0.823. The number of aromatic nitrogens is 1. The summed E-state index contributed by atoms with van der Waals surface area (Å²) in [6.45, 7) is 0. The zero-order valence-electron chi connectivity index (χ0n) is 11.0. The number of halogens is 6. The topological polar surface area (TPSA) is 50.2 Å². The number of benzene rings is 1. The molecule has 0 radical (unpaired) electrons. The first kappa shape index (κ1) is 16.8. The van der Waals surface area contributed by atoms with Gasteiger partial charge in [-0.2, -0.15) is 26.3 Å². The third-order valence-electron chi connectivity index (χ3n) is 2.89. The van der Waals surface area contributed by atoms with Crippen molar-refractivity contribution in [1.82, 2.24) is 4.98 Å². The van der Waals surface area contributed by atoms with Gasteiger partial charge in [-0.05, 0) is 30.3 Å². The van der Waals surface area contributed by atoms with Crippen LogP contribution in [-0.2, 0) is 12.4 Å². The van der Waals surface area contributed by atoms with Crippen LogP contribution in [-0.4, -0.2) is 16.1 Å². The van der Waals surface area contributed by atoms with Crippen LogP contribution < -0.4 is 0 Å². The molecule has 0 fully saturated rings. The number of aromatic carboxylic acids is 1. The number of hydrogen-bond acceptors (Lipinski definition) is 2. The molecule has 0 saturated heterocycles. The third kappa shape index (κ3) is 3.79. The maximum Gasteiger partial charge on any atom is 0.416 e. The summed E-state index contributed by atoms with van der Waals surface area (Å²) in [7, 11) is 0. The van der Waals surface area contributed by atoms with Crippen molar-refractivity contribution in [3.63, 3.8) is 0 Å². The molecule has 23 heavy (non-hydrogen) atoms. The van der Waals surface area contributed by atoms with Gasteiger partial charge in [-0.1, -0.05) is 0 Å². The van der Waals surface area contributed by atoms with E-state index in [1.165, 1.54) is 0 Å². The van der Waals surface area contributed by atoms with Gasteiger partial charge in [-0.15, -0.1) is 0 Å². The molecular formula is C14H7F6NO2. The van der Waals surface area contributed by atoms with Crippen molar-refractivity contribution >= 4 is 5.97 Å². The highest BCUT2D eigenvalue weighted by Crippen LogP contribution is 2.38. The van der Waals surface area contributed by atoms with Gasteiger partial charge in [0, 0.05) is 11.8 Å². The Morgan fingerprint density at radius 1 is 0.913 bits per heavy atom. The van der Waals surface area contributed by atoms with Crippen LogP contribution in [0.5, 0.6) is 0 Å². The van der Waals surface area contributed by atoms with Gasteiger partial charge in [0.15, 0.2) is 0 Å². The SMILES string of the molecule is O=C(O)c1ccc(-c2cc(C(F)(F)F)cc(C(F)(F)F)c2)nc1. The maximum atomic E-state index is 12.8. The van der Waals surface area contributed by atoms with E-state index in [1.54, 1.807) is 0 Å². The van der Waals surface area contributed by atoms with Crippen LogP contribution in [0.4, 0.5) is 26.3 Å². The first-order valence-electron chi connectivity index (χ1n) is 5.97. The van der Waals surface area contributed by atoms with Crippen molar-refractivity contribution in [2.24, 2.45) is 0 Å². The molecule has 122 valence electrons. The number of rotatable bonds is 2. The summed E-state index contributed by atoms with van der Waals surface area (Å²) in [5.74, 6) is -1.32. The lowest BCUT2D eigenvalue weighted by Gasteiger charge is -2.14. The second-order valence-corrected chi connectivity index (χ2v) is 4.53. The lowest BCUT2D eigenvalue weighted by Crippen LogP contribution is -2.11. The van der Waals surface area contributed by atoms with Crippen molar-refractivity contribution in [3.8, 4) is 11.3 Å². The van der Waals surface area contributed by atoms with Crippen molar-refractivity contribution in [3.05, 3.63) is 53.2 Å². The highest BCUT2D eigenvalue weighted by molar-refractivity contribution is 5.87. The number of pyridine rings is 1. The fraction of sp³-hybridized carbons (Fsp3) is 0.143. The van der Waals surface area contributed by atoms with Gasteiger partial charge >= 0.3 is 18.3 Å². The average molecular weight is 335 g/mol. The molecule has 0 spiro atoms. The summed E-state index contributed by atoms with van der Waals surface area (Å²) in [5.41, 5.74) is -3.79. The number of carbonyl (C=O) groups is 1. The highest BCUT2D eigenvalue weighted by atomic mass is 19.4. The van der Waals surface area contributed by atoms with Crippen LogP contribution in [0.15, 0.2) is 36.5 Å². The fourth-order valence-electron chi connectivity index (χ4n) is 1.79. The Morgan fingerprint density at radius 3 is 1.78 bits per heavy atom. The van der Waals surface area contributed by atoms with Crippen LogP contribution in [0.1, 0.15) is 21.5 Å².